The van der Waals surface area contributed by atoms with E-state index in [0.717, 1.165) is 0 Å². The second-order valence-corrected chi connectivity index (χ2v) is 2.58. The maximum Gasteiger partial charge on any atom is 0.380 e. The largest absolute Gasteiger partial charge is 0.396 e. The van der Waals surface area contributed by atoms with Crippen molar-refractivity contribution in [1.29, 1.82) is 0 Å². The summed E-state index contributed by atoms with van der Waals surface area (Å²) in [6.45, 7) is -0.301. The third-order valence-corrected chi connectivity index (χ3v) is 1.07. The number of hydrogen-bond donors (Lipinski definition) is 3. The van der Waals surface area contributed by atoms with Crippen molar-refractivity contribution in [1.82, 2.24) is 0 Å². The van der Waals surface area contributed by atoms with Crippen LogP contribution in [0.2, 0.25) is 0 Å². The molecule has 0 radical (unpaired) electrons. The zero-order valence-corrected chi connectivity index (χ0v) is 5.87. The molecule has 0 aliphatic rings. The molecule has 0 amide bonds. The van der Waals surface area contributed by atoms with Gasteiger partial charge >= 0.3 is 10.3 Å². The number of nitrogens with two attached hydrogens (primary N) is 1. The maximum absolute atomic E-state index is 9.92. The third kappa shape index (κ3) is 5.48. The van der Waals surface area contributed by atoms with Gasteiger partial charge in [-0.3, -0.25) is 4.55 Å². The van der Waals surface area contributed by atoms with Gasteiger partial charge in [-0.15, -0.1) is 4.40 Å². The highest BCUT2D eigenvalue weighted by molar-refractivity contribution is 7.84. The fourth-order valence-electron chi connectivity index (χ4n) is 0.308. The number of hydrogen-bond acceptors (Lipinski definition) is 3. The first-order chi connectivity index (χ1) is 4.45. The van der Waals surface area contributed by atoms with E-state index in [4.69, 9.17) is 15.4 Å². The van der Waals surface area contributed by atoms with E-state index >= 15 is 0 Å². The van der Waals surface area contributed by atoms with E-state index in [2.05, 4.69) is 4.40 Å². The number of aliphatic hydroxyl groups is 1. The average Bonchev–Trinajstić information content (AvgIpc) is 1.59. The van der Waals surface area contributed by atoms with Crippen molar-refractivity contribution in [3.63, 3.8) is 0 Å². The van der Waals surface area contributed by atoms with Gasteiger partial charge in [0.1, 0.15) is 5.84 Å². The Morgan fingerprint density at radius 2 is 2.10 bits per heavy atom. The normalized spacial score (nSPS) is 13.6. The van der Waals surface area contributed by atoms with Gasteiger partial charge in [0.25, 0.3) is 0 Å². The first-order valence-electron chi connectivity index (χ1n) is 2.38. The van der Waals surface area contributed by atoms with Crippen molar-refractivity contribution >= 4 is 16.1 Å². The molecule has 6 nitrogen and oxygen atoms in total. The molecule has 10 heavy (non-hydrogen) atoms. The first kappa shape index (κ1) is 9.34. The van der Waals surface area contributed by atoms with Crippen molar-refractivity contribution in [3.05, 3.63) is 0 Å². The molecule has 0 spiro atoms. The SMILES string of the molecule is NC(CCO)=NS(=O)(=O)O. The molecule has 0 aromatic carbocycles. The van der Waals surface area contributed by atoms with Gasteiger partial charge in [-0.25, -0.2) is 0 Å². The lowest BCUT2D eigenvalue weighted by atomic mass is 10.4. The Bertz CT molecular complexity index is 219. The van der Waals surface area contributed by atoms with Crippen molar-refractivity contribution < 1.29 is 18.1 Å². The maximum atomic E-state index is 9.92. The van der Waals surface area contributed by atoms with Gasteiger partial charge in [0.15, 0.2) is 0 Å². The molecule has 4 N–H and O–H groups in total. The Hall–Kier alpha value is -0.660. The van der Waals surface area contributed by atoms with Gasteiger partial charge in [0.05, 0.1) is 6.61 Å². The second kappa shape index (κ2) is 3.49. The highest BCUT2D eigenvalue weighted by atomic mass is 32.2. The topological polar surface area (TPSA) is 113 Å². The molecular formula is C3H8N2O4S. The fraction of sp³-hybridized carbons (Fsp3) is 0.667. The predicted octanol–water partition coefficient (Wildman–Crippen LogP) is -1.47. The lowest BCUT2D eigenvalue weighted by Gasteiger charge is -1.92. The van der Waals surface area contributed by atoms with Crippen molar-refractivity contribution in [3.8, 4) is 0 Å². The van der Waals surface area contributed by atoms with Gasteiger partial charge in [0.2, 0.25) is 0 Å². The molecule has 0 saturated heterocycles. The van der Waals surface area contributed by atoms with Crippen LogP contribution in [0, 0.1) is 0 Å². The minimum Gasteiger partial charge on any atom is -0.396 e. The van der Waals surface area contributed by atoms with Gasteiger partial charge in [-0.1, -0.05) is 0 Å². The van der Waals surface area contributed by atoms with E-state index in [1.54, 1.807) is 0 Å². The molecule has 0 aliphatic heterocycles. The zero-order chi connectivity index (χ0) is 8.20. The zero-order valence-electron chi connectivity index (χ0n) is 5.06. The highest BCUT2D eigenvalue weighted by Crippen LogP contribution is 1.86. The molecule has 0 heterocycles. The summed E-state index contributed by atoms with van der Waals surface area (Å²) in [5.41, 5.74) is 4.92. The summed E-state index contributed by atoms with van der Waals surface area (Å²) in [7, 11) is -4.39. The van der Waals surface area contributed by atoms with Crippen LogP contribution in [0.25, 0.3) is 0 Å². The molecular weight excluding hydrogens is 160 g/mol. The van der Waals surface area contributed by atoms with Crippen LogP contribution in [-0.4, -0.2) is 30.5 Å². The van der Waals surface area contributed by atoms with E-state index < -0.39 is 10.3 Å². The summed E-state index contributed by atoms with van der Waals surface area (Å²) >= 11 is 0. The van der Waals surface area contributed by atoms with Crippen LogP contribution in [0.5, 0.6) is 0 Å². The van der Waals surface area contributed by atoms with Crippen LogP contribution < -0.4 is 5.73 Å². The summed E-state index contributed by atoms with van der Waals surface area (Å²) in [6.07, 6.45) is -0.0697. The molecule has 0 rings (SSSR count). The van der Waals surface area contributed by atoms with E-state index in [1.807, 2.05) is 0 Å². The van der Waals surface area contributed by atoms with Crippen LogP contribution in [-0.2, 0) is 10.3 Å². The predicted molar refractivity (Wildman–Crippen MR) is 34.9 cm³/mol. The van der Waals surface area contributed by atoms with E-state index in [9.17, 15) is 8.42 Å². The summed E-state index contributed by atoms with van der Waals surface area (Å²) in [5.74, 6) is -0.315. The quantitative estimate of drug-likeness (QED) is 0.270. The smallest absolute Gasteiger partial charge is 0.380 e. The number of nitrogens with zero attached hydrogens (tertiary/aromatic N) is 1. The van der Waals surface area contributed by atoms with Crippen LogP contribution >= 0.6 is 0 Å². The van der Waals surface area contributed by atoms with Gasteiger partial charge in [-0.05, 0) is 0 Å². The summed E-state index contributed by atoms with van der Waals surface area (Å²) < 4.78 is 30.5. The monoisotopic (exact) mass is 168 g/mol. The molecule has 7 heteroatoms. The van der Waals surface area contributed by atoms with Crippen LogP contribution in [0.1, 0.15) is 6.42 Å². The Morgan fingerprint density at radius 1 is 1.60 bits per heavy atom. The molecule has 0 atom stereocenters. The van der Waals surface area contributed by atoms with Crippen LogP contribution in [0.3, 0.4) is 0 Å². The summed E-state index contributed by atoms with van der Waals surface area (Å²) in [6, 6.07) is 0. The molecule has 0 aromatic rings. The van der Waals surface area contributed by atoms with Crippen molar-refractivity contribution in [2.45, 2.75) is 6.42 Å². The van der Waals surface area contributed by atoms with Crippen molar-refractivity contribution in [2.75, 3.05) is 6.61 Å². The number of aliphatic hydroxyl groups excluding tert-OH is 1. The minimum atomic E-state index is -4.39. The van der Waals surface area contributed by atoms with Gasteiger partial charge in [-0.2, -0.15) is 8.42 Å². The average molecular weight is 168 g/mol. The lowest BCUT2D eigenvalue weighted by Crippen LogP contribution is -2.15. The molecule has 0 unspecified atom stereocenters. The standard InChI is InChI=1S/C3H8N2O4S/c4-3(1-2-6)5-10(7,8)9/h6H,1-2H2,(H2,4,5)(H,7,8,9). The third-order valence-electron chi connectivity index (χ3n) is 0.601. The lowest BCUT2D eigenvalue weighted by molar-refractivity contribution is 0.307. The minimum absolute atomic E-state index is 0.0697. The molecule has 60 valence electrons. The fourth-order valence-corrected chi connectivity index (χ4v) is 0.696. The van der Waals surface area contributed by atoms with E-state index in [1.165, 1.54) is 0 Å². The Balaban J connectivity index is 4.18. The molecule has 0 fully saturated rings. The van der Waals surface area contributed by atoms with Gasteiger partial charge < -0.3 is 10.8 Å². The summed E-state index contributed by atoms with van der Waals surface area (Å²) in [4.78, 5) is 0. The first-order valence-corrected chi connectivity index (χ1v) is 3.78. The molecule has 0 aliphatic carbocycles. The molecule has 0 bridgehead atoms. The van der Waals surface area contributed by atoms with Crippen molar-refractivity contribution in [2.24, 2.45) is 10.1 Å². The summed E-state index contributed by atoms with van der Waals surface area (Å²) in [5, 5.41) is 8.20. The number of rotatable bonds is 3. The molecule has 0 saturated carbocycles. The van der Waals surface area contributed by atoms with E-state index in [-0.39, 0.29) is 18.9 Å². The van der Waals surface area contributed by atoms with Crippen LogP contribution in [0.15, 0.2) is 4.40 Å². The second-order valence-electron chi connectivity index (χ2n) is 1.50. The van der Waals surface area contributed by atoms with Gasteiger partial charge in [0, 0.05) is 6.42 Å². The molecule has 0 aromatic heterocycles. The highest BCUT2D eigenvalue weighted by Gasteiger charge is 2.00. The Labute approximate surface area is 58.3 Å². The number of amidine groups is 1. The Morgan fingerprint density at radius 3 is 2.40 bits per heavy atom. The van der Waals surface area contributed by atoms with E-state index in [0.29, 0.717) is 0 Å². The van der Waals surface area contributed by atoms with Crippen LogP contribution in [0.4, 0.5) is 0 Å². The Kier molecular flexibility index (Phi) is 3.26.